The third-order valence-corrected chi connectivity index (χ3v) is 4.28. The molecule has 1 heterocycles. The Balaban J connectivity index is 2.05. The molecular weight excluding hydrogens is 326 g/mol. The van der Waals surface area contributed by atoms with Crippen molar-refractivity contribution in [3.8, 4) is 0 Å². The minimum atomic E-state index is -0.371. The number of benzene rings is 1. The predicted octanol–water partition coefficient (Wildman–Crippen LogP) is 2.31. The van der Waals surface area contributed by atoms with E-state index in [0.29, 0.717) is 11.3 Å². The summed E-state index contributed by atoms with van der Waals surface area (Å²) in [6, 6.07) is 10.1. The molecule has 7 heteroatoms. The highest BCUT2D eigenvalue weighted by molar-refractivity contribution is 7.10. The summed E-state index contributed by atoms with van der Waals surface area (Å²) in [7, 11) is 1.55. The number of carbonyl (C=O) groups is 3. The third kappa shape index (κ3) is 4.92. The normalized spacial score (nSPS) is 11.4. The minimum Gasteiger partial charge on any atom is -0.355 e. The third-order valence-electron chi connectivity index (χ3n) is 3.29. The Morgan fingerprint density at radius 1 is 1.17 bits per heavy atom. The van der Waals surface area contributed by atoms with Crippen LogP contribution in [0.3, 0.4) is 0 Å². The van der Waals surface area contributed by atoms with Crippen LogP contribution < -0.4 is 16.0 Å². The Labute approximate surface area is 144 Å². The van der Waals surface area contributed by atoms with E-state index in [0.717, 1.165) is 4.88 Å². The maximum absolute atomic E-state index is 12.3. The molecule has 0 fully saturated rings. The SMILES string of the molecule is CNC(=O)c1cccc(NC(=O)C[C@@H](NC(C)=O)c2cccs2)c1. The van der Waals surface area contributed by atoms with E-state index in [1.807, 2.05) is 17.5 Å². The quantitative estimate of drug-likeness (QED) is 0.751. The summed E-state index contributed by atoms with van der Waals surface area (Å²) in [5.41, 5.74) is 1.00. The molecule has 126 valence electrons. The first-order valence-corrected chi connectivity index (χ1v) is 8.30. The van der Waals surface area contributed by atoms with Gasteiger partial charge in [0.1, 0.15) is 0 Å². The maximum atomic E-state index is 12.3. The predicted molar refractivity (Wildman–Crippen MR) is 94.0 cm³/mol. The molecule has 0 saturated heterocycles. The molecule has 0 saturated carbocycles. The number of thiophene rings is 1. The molecule has 0 aliphatic heterocycles. The molecule has 3 amide bonds. The van der Waals surface area contributed by atoms with Crippen molar-refractivity contribution < 1.29 is 14.4 Å². The molecule has 0 aliphatic rings. The second-order valence-electron chi connectivity index (χ2n) is 5.18. The van der Waals surface area contributed by atoms with E-state index in [-0.39, 0.29) is 30.2 Å². The lowest BCUT2D eigenvalue weighted by Gasteiger charge is -2.16. The van der Waals surface area contributed by atoms with E-state index in [1.165, 1.54) is 18.3 Å². The summed E-state index contributed by atoms with van der Waals surface area (Å²) in [5.74, 6) is -0.653. The van der Waals surface area contributed by atoms with Gasteiger partial charge in [0.15, 0.2) is 0 Å². The fourth-order valence-corrected chi connectivity index (χ4v) is 3.02. The summed E-state index contributed by atoms with van der Waals surface area (Å²) in [6.07, 6.45) is 0.115. The van der Waals surface area contributed by atoms with Crippen LogP contribution in [-0.4, -0.2) is 24.8 Å². The molecule has 0 spiro atoms. The van der Waals surface area contributed by atoms with Crippen LogP contribution in [0.2, 0.25) is 0 Å². The molecule has 1 atom stereocenters. The fraction of sp³-hybridized carbons (Fsp3) is 0.235. The van der Waals surface area contributed by atoms with Crippen molar-refractivity contribution in [1.29, 1.82) is 0 Å². The number of amides is 3. The van der Waals surface area contributed by atoms with Crippen LogP contribution in [0.5, 0.6) is 0 Å². The first-order valence-electron chi connectivity index (χ1n) is 7.42. The van der Waals surface area contributed by atoms with Crippen molar-refractivity contribution in [3.05, 3.63) is 52.2 Å². The first-order chi connectivity index (χ1) is 11.5. The van der Waals surface area contributed by atoms with Gasteiger partial charge in [0.25, 0.3) is 5.91 Å². The van der Waals surface area contributed by atoms with Gasteiger partial charge in [-0.25, -0.2) is 0 Å². The van der Waals surface area contributed by atoms with E-state index in [4.69, 9.17) is 0 Å². The Kier molecular flexibility index (Phi) is 6.08. The number of hydrogen-bond donors (Lipinski definition) is 3. The van der Waals surface area contributed by atoms with Gasteiger partial charge in [-0.15, -0.1) is 11.3 Å². The molecule has 0 aliphatic carbocycles. The molecule has 6 nitrogen and oxygen atoms in total. The molecule has 1 aromatic carbocycles. The molecule has 2 aromatic rings. The summed E-state index contributed by atoms with van der Waals surface area (Å²) in [4.78, 5) is 36.2. The average molecular weight is 345 g/mol. The second kappa shape index (κ2) is 8.26. The molecule has 1 aromatic heterocycles. The topological polar surface area (TPSA) is 87.3 Å². The van der Waals surface area contributed by atoms with Crippen LogP contribution in [-0.2, 0) is 9.59 Å². The highest BCUT2D eigenvalue weighted by atomic mass is 32.1. The molecular formula is C17H19N3O3S. The second-order valence-corrected chi connectivity index (χ2v) is 6.16. The van der Waals surface area contributed by atoms with Crippen molar-refractivity contribution in [2.45, 2.75) is 19.4 Å². The van der Waals surface area contributed by atoms with Crippen molar-refractivity contribution in [1.82, 2.24) is 10.6 Å². The van der Waals surface area contributed by atoms with Gasteiger partial charge in [0, 0.05) is 30.1 Å². The van der Waals surface area contributed by atoms with Gasteiger partial charge in [-0.05, 0) is 29.6 Å². The smallest absolute Gasteiger partial charge is 0.251 e. The van der Waals surface area contributed by atoms with Gasteiger partial charge in [-0.1, -0.05) is 12.1 Å². The highest BCUT2D eigenvalue weighted by Gasteiger charge is 2.18. The monoisotopic (exact) mass is 345 g/mol. The van der Waals surface area contributed by atoms with Crippen LogP contribution >= 0.6 is 11.3 Å². The number of carbonyl (C=O) groups excluding carboxylic acids is 3. The van der Waals surface area contributed by atoms with Gasteiger partial charge in [-0.3, -0.25) is 14.4 Å². The van der Waals surface area contributed by atoms with Gasteiger partial charge < -0.3 is 16.0 Å². The summed E-state index contributed by atoms with van der Waals surface area (Å²) in [5, 5.41) is 9.98. The van der Waals surface area contributed by atoms with E-state index in [1.54, 1.807) is 31.3 Å². The van der Waals surface area contributed by atoms with Crippen LogP contribution in [0.25, 0.3) is 0 Å². The van der Waals surface area contributed by atoms with E-state index < -0.39 is 0 Å². The largest absolute Gasteiger partial charge is 0.355 e. The highest BCUT2D eigenvalue weighted by Crippen LogP contribution is 2.23. The lowest BCUT2D eigenvalue weighted by Crippen LogP contribution is -2.29. The maximum Gasteiger partial charge on any atom is 0.251 e. The first kappa shape index (κ1) is 17.7. The Morgan fingerprint density at radius 3 is 2.58 bits per heavy atom. The lowest BCUT2D eigenvalue weighted by molar-refractivity contribution is -0.120. The molecule has 24 heavy (non-hydrogen) atoms. The van der Waals surface area contributed by atoms with Gasteiger partial charge in [-0.2, -0.15) is 0 Å². The molecule has 0 bridgehead atoms. The van der Waals surface area contributed by atoms with E-state index in [2.05, 4.69) is 16.0 Å². The van der Waals surface area contributed by atoms with Crippen LogP contribution in [0.15, 0.2) is 41.8 Å². The Morgan fingerprint density at radius 2 is 1.96 bits per heavy atom. The fourth-order valence-electron chi connectivity index (χ4n) is 2.24. The van der Waals surface area contributed by atoms with Crippen molar-refractivity contribution in [2.24, 2.45) is 0 Å². The van der Waals surface area contributed by atoms with Crippen molar-refractivity contribution in [3.63, 3.8) is 0 Å². The van der Waals surface area contributed by atoms with E-state index >= 15 is 0 Å². The average Bonchev–Trinajstić information content (AvgIpc) is 3.07. The van der Waals surface area contributed by atoms with Gasteiger partial charge in [0.05, 0.1) is 12.5 Å². The Bertz CT molecular complexity index is 728. The summed E-state index contributed by atoms with van der Waals surface area (Å²) < 4.78 is 0. The van der Waals surface area contributed by atoms with Crippen molar-refractivity contribution >= 4 is 34.7 Å². The number of nitrogens with one attached hydrogen (secondary N) is 3. The van der Waals surface area contributed by atoms with Gasteiger partial charge in [0.2, 0.25) is 11.8 Å². The number of hydrogen-bond acceptors (Lipinski definition) is 4. The number of rotatable bonds is 6. The molecule has 0 unspecified atom stereocenters. The minimum absolute atomic E-state index is 0.115. The van der Waals surface area contributed by atoms with Crippen LogP contribution in [0.4, 0.5) is 5.69 Å². The van der Waals surface area contributed by atoms with Crippen molar-refractivity contribution in [2.75, 3.05) is 12.4 Å². The zero-order chi connectivity index (χ0) is 17.5. The summed E-state index contributed by atoms with van der Waals surface area (Å²) in [6.45, 7) is 1.42. The molecule has 2 rings (SSSR count). The summed E-state index contributed by atoms with van der Waals surface area (Å²) >= 11 is 1.48. The molecule has 3 N–H and O–H groups in total. The standard InChI is InChI=1S/C17H19N3O3S/c1-11(21)19-14(15-7-4-8-24-15)10-16(22)20-13-6-3-5-12(9-13)17(23)18-2/h3-9,14H,10H2,1-2H3,(H,18,23)(H,19,21)(H,20,22)/t14-/m1/s1. The van der Waals surface area contributed by atoms with E-state index in [9.17, 15) is 14.4 Å². The lowest BCUT2D eigenvalue weighted by atomic mass is 10.1. The zero-order valence-electron chi connectivity index (χ0n) is 13.5. The van der Waals surface area contributed by atoms with Crippen LogP contribution in [0, 0.1) is 0 Å². The molecule has 0 radical (unpaired) electrons. The zero-order valence-corrected chi connectivity index (χ0v) is 14.3. The number of anilines is 1. The van der Waals surface area contributed by atoms with Gasteiger partial charge >= 0.3 is 0 Å². The van der Waals surface area contributed by atoms with Crippen LogP contribution in [0.1, 0.15) is 34.6 Å². The Hall–Kier alpha value is -2.67.